The van der Waals surface area contributed by atoms with E-state index >= 15 is 0 Å². The Morgan fingerprint density at radius 2 is 0.480 bits per heavy atom. The van der Waals surface area contributed by atoms with Crippen LogP contribution in [0.25, 0.3) is 0 Å². The predicted octanol–water partition coefficient (Wildman–Crippen LogP) is 23.0. The smallest absolute Gasteiger partial charge is 0.306 e. The topological polar surface area (TPSA) is 78.9 Å². The third-order valence-corrected chi connectivity index (χ3v) is 15.5. The number of hydrogen-bond acceptors (Lipinski definition) is 6. The Bertz CT molecular complexity index is 1210. The fourth-order valence-electron chi connectivity index (χ4n) is 10.4. The van der Waals surface area contributed by atoms with Gasteiger partial charge in [0.25, 0.3) is 0 Å². The minimum atomic E-state index is -0.773. The Morgan fingerprint density at radius 3 is 0.747 bits per heavy atom. The average Bonchev–Trinajstić information content (AvgIpc) is 3.41. The van der Waals surface area contributed by atoms with Gasteiger partial charge in [-0.15, -0.1) is 0 Å². The molecule has 0 fully saturated rings. The standard InChI is InChI=1S/C69H130O6/c1-4-7-10-13-16-19-22-25-28-31-32-33-34-35-36-37-39-41-44-47-50-53-56-59-62-68(71)74-65-66(64-73-67(70)61-58-55-52-49-46-43-40-30-27-24-21-18-15-12-9-6-3)75-69(72)63-60-57-54-51-48-45-42-38-29-26-23-20-17-14-11-8-5-2/h21,24,30,40,66H,4-20,22-23,25-29,31-39,41-65H2,1-3H3/b24-21-,40-30-. The number of ether oxygens (including phenoxy) is 3. The van der Waals surface area contributed by atoms with E-state index in [4.69, 9.17) is 14.2 Å². The maximum atomic E-state index is 12.9. The van der Waals surface area contributed by atoms with E-state index < -0.39 is 6.10 Å². The van der Waals surface area contributed by atoms with Crippen LogP contribution < -0.4 is 0 Å². The van der Waals surface area contributed by atoms with Crippen LogP contribution in [0.15, 0.2) is 24.3 Å². The molecule has 0 amide bonds. The first-order valence-electron chi connectivity index (χ1n) is 33.8. The molecule has 6 nitrogen and oxygen atoms in total. The Kier molecular flexibility index (Phi) is 62.6. The number of esters is 3. The van der Waals surface area contributed by atoms with Gasteiger partial charge in [-0.3, -0.25) is 14.4 Å². The van der Waals surface area contributed by atoms with Gasteiger partial charge in [-0.25, -0.2) is 0 Å². The van der Waals surface area contributed by atoms with E-state index in [-0.39, 0.29) is 31.1 Å². The van der Waals surface area contributed by atoms with Crippen molar-refractivity contribution in [1.29, 1.82) is 0 Å². The third kappa shape index (κ3) is 62.6. The van der Waals surface area contributed by atoms with Crippen molar-refractivity contribution in [3.8, 4) is 0 Å². The highest BCUT2D eigenvalue weighted by Crippen LogP contribution is 2.18. The summed E-state index contributed by atoms with van der Waals surface area (Å²) < 4.78 is 17.0. The lowest BCUT2D eigenvalue weighted by molar-refractivity contribution is -0.167. The molecule has 0 radical (unpaired) electrons. The maximum absolute atomic E-state index is 12.9. The maximum Gasteiger partial charge on any atom is 0.306 e. The molecule has 442 valence electrons. The van der Waals surface area contributed by atoms with Gasteiger partial charge in [0.15, 0.2) is 6.10 Å². The number of carbonyl (C=O) groups is 3. The minimum Gasteiger partial charge on any atom is -0.462 e. The number of rotatable bonds is 63. The largest absolute Gasteiger partial charge is 0.462 e. The van der Waals surface area contributed by atoms with Crippen molar-refractivity contribution in [3.05, 3.63) is 24.3 Å². The van der Waals surface area contributed by atoms with Crippen molar-refractivity contribution in [2.24, 2.45) is 0 Å². The SMILES string of the molecule is CCCCCC/C=C\C/C=C\CCCCCCCC(=O)OCC(COC(=O)CCCCCCCCCCCCCCCCCCCCCCCCCC)OC(=O)CCCCCCCCCCCCCCCCCCC. The minimum absolute atomic E-state index is 0.0694. The molecule has 0 aromatic rings. The molecular formula is C69H130O6. The van der Waals surface area contributed by atoms with Gasteiger partial charge in [-0.05, 0) is 51.4 Å². The van der Waals surface area contributed by atoms with E-state index in [0.717, 1.165) is 77.0 Å². The number of unbranched alkanes of at least 4 members (excludes halogenated alkanes) is 48. The number of hydrogen-bond donors (Lipinski definition) is 0. The zero-order valence-electron chi connectivity index (χ0n) is 50.8. The molecule has 6 heteroatoms. The Labute approximate surface area is 468 Å². The van der Waals surface area contributed by atoms with Gasteiger partial charge in [-0.1, -0.05) is 334 Å². The first-order chi connectivity index (χ1) is 37.0. The molecular weight excluding hydrogens is 925 g/mol. The predicted molar refractivity (Wildman–Crippen MR) is 326 cm³/mol. The summed E-state index contributed by atoms with van der Waals surface area (Å²) >= 11 is 0. The molecule has 1 atom stereocenters. The summed E-state index contributed by atoms with van der Waals surface area (Å²) in [7, 11) is 0. The van der Waals surface area contributed by atoms with Crippen LogP contribution in [0.2, 0.25) is 0 Å². The summed E-state index contributed by atoms with van der Waals surface area (Å²) in [6.45, 7) is 6.69. The van der Waals surface area contributed by atoms with Crippen LogP contribution in [0.5, 0.6) is 0 Å². The van der Waals surface area contributed by atoms with Crippen LogP contribution in [0, 0.1) is 0 Å². The second-order valence-electron chi connectivity index (χ2n) is 23.1. The molecule has 0 saturated heterocycles. The van der Waals surface area contributed by atoms with Crippen molar-refractivity contribution in [2.75, 3.05) is 13.2 Å². The molecule has 0 spiro atoms. The lowest BCUT2D eigenvalue weighted by Gasteiger charge is -2.18. The van der Waals surface area contributed by atoms with Crippen molar-refractivity contribution in [3.63, 3.8) is 0 Å². The quantitative estimate of drug-likeness (QED) is 0.0261. The van der Waals surface area contributed by atoms with Crippen LogP contribution in [0.1, 0.15) is 380 Å². The zero-order valence-corrected chi connectivity index (χ0v) is 50.8. The van der Waals surface area contributed by atoms with Crippen LogP contribution in [-0.2, 0) is 28.6 Å². The van der Waals surface area contributed by atoms with Gasteiger partial charge < -0.3 is 14.2 Å². The highest BCUT2D eigenvalue weighted by atomic mass is 16.6. The molecule has 0 aliphatic rings. The molecule has 1 unspecified atom stereocenters. The highest BCUT2D eigenvalue weighted by Gasteiger charge is 2.19. The lowest BCUT2D eigenvalue weighted by atomic mass is 10.0. The van der Waals surface area contributed by atoms with Gasteiger partial charge in [0, 0.05) is 19.3 Å². The van der Waals surface area contributed by atoms with Crippen molar-refractivity contribution in [1.82, 2.24) is 0 Å². The molecule has 0 aromatic heterocycles. The van der Waals surface area contributed by atoms with E-state index in [2.05, 4.69) is 45.1 Å². The summed E-state index contributed by atoms with van der Waals surface area (Å²) in [5.41, 5.74) is 0. The summed E-state index contributed by atoms with van der Waals surface area (Å²) in [6, 6.07) is 0. The van der Waals surface area contributed by atoms with Crippen molar-refractivity contribution >= 4 is 17.9 Å². The van der Waals surface area contributed by atoms with Crippen molar-refractivity contribution < 1.29 is 28.6 Å². The molecule has 0 aromatic carbocycles. The monoisotopic (exact) mass is 1050 g/mol. The van der Waals surface area contributed by atoms with Crippen LogP contribution in [0.4, 0.5) is 0 Å². The van der Waals surface area contributed by atoms with Crippen LogP contribution >= 0.6 is 0 Å². The highest BCUT2D eigenvalue weighted by molar-refractivity contribution is 5.71. The van der Waals surface area contributed by atoms with Crippen LogP contribution in [-0.4, -0.2) is 37.2 Å². The van der Waals surface area contributed by atoms with Gasteiger partial charge >= 0.3 is 17.9 Å². The second-order valence-corrected chi connectivity index (χ2v) is 23.1. The molecule has 0 N–H and O–H groups in total. The van der Waals surface area contributed by atoms with E-state index in [1.54, 1.807) is 0 Å². The summed E-state index contributed by atoms with van der Waals surface area (Å²) in [4.78, 5) is 38.4. The molecule has 0 heterocycles. The normalized spacial score (nSPS) is 12.1. The first kappa shape index (κ1) is 72.9. The lowest BCUT2D eigenvalue weighted by Crippen LogP contribution is -2.30. The van der Waals surface area contributed by atoms with E-state index in [1.165, 1.54) is 263 Å². The van der Waals surface area contributed by atoms with E-state index in [9.17, 15) is 14.4 Å². The Hall–Kier alpha value is -2.11. The van der Waals surface area contributed by atoms with Gasteiger partial charge in [0.1, 0.15) is 13.2 Å². The van der Waals surface area contributed by atoms with Crippen LogP contribution in [0.3, 0.4) is 0 Å². The van der Waals surface area contributed by atoms with Gasteiger partial charge in [0.05, 0.1) is 0 Å². The molecule has 0 aliphatic carbocycles. The third-order valence-electron chi connectivity index (χ3n) is 15.5. The molecule has 0 saturated carbocycles. The Balaban J connectivity index is 4.26. The number of allylic oxidation sites excluding steroid dienone is 4. The van der Waals surface area contributed by atoms with Crippen molar-refractivity contribution in [2.45, 2.75) is 386 Å². The summed E-state index contributed by atoms with van der Waals surface area (Å²) in [5, 5.41) is 0. The molecule has 0 aliphatic heterocycles. The molecule has 0 rings (SSSR count). The van der Waals surface area contributed by atoms with E-state index in [0.29, 0.717) is 19.3 Å². The first-order valence-corrected chi connectivity index (χ1v) is 33.8. The average molecular weight is 1060 g/mol. The molecule has 0 bridgehead atoms. The summed E-state index contributed by atoms with van der Waals surface area (Å²) in [5.74, 6) is -0.853. The van der Waals surface area contributed by atoms with Gasteiger partial charge in [0.2, 0.25) is 0 Å². The summed E-state index contributed by atoms with van der Waals surface area (Å²) in [6.07, 6.45) is 77.7. The Morgan fingerprint density at radius 1 is 0.267 bits per heavy atom. The number of carbonyl (C=O) groups excluding carboxylic acids is 3. The second kappa shape index (κ2) is 64.4. The fourth-order valence-corrected chi connectivity index (χ4v) is 10.4. The molecule has 75 heavy (non-hydrogen) atoms. The van der Waals surface area contributed by atoms with Gasteiger partial charge in [-0.2, -0.15) is 0 Å². The fraction of sp³-hybridized carbons (Fsp3) is 0.899. The zero-order chi connectivity index (χ0) is 54.3. The van der Waals surface area contributed by atoms with E-state index in [1.807, 2.05) is 0 Å².